The van der Waals surface area contributed by atoms with Gasteiger partial charge in [-0.25, -0.2) is 4.39 Å². The van der Waals surface area contributed by atoms with Crippen molar-refractivity contribution < 1.29 is 37.8 Å². The number of halogens is 1. The van der Waals surface area contributed by atoms with E-state index < -0.39 is 23.7 Å². The number of hydrogen-bond acceptors (Lipinski definition) is 9. The summed E-state index contributed by atoms with van der Waals surface area (Å²) in [5, 5.41) is 8.27. The number of benzene rings is 2. The van der Waals surface area contributed by atoms with Gasteiger partial charge in [-0.15, -0.1) is 0 Å². The average molecular weight is 597 g/mol. The third-order valence-corrected chi connectivity index (χ3v) is 7.80. The number of piperidine rings is 1. The Balaban J connectivity index is 1.06. The lowest BCUT2D eigenvalue weighted by Gasteiger charge is -2.29. The lowest BCUT2D eigenvalue weighted by atomic mass is 10.0. The fourth-order valence-corrected chi connectivity index (χ4v) is 5.53. The lowest BCUT2D eigenvalue weighted by molar-refractivity contribution is -0.137. The highest BCUT2D eigenvalue weighted by Crippen LogP contribution is 2.32. The number of fused-ring (bicyclic) bond motifs is 1. The number of nitrogens with zero attached hydrogens (tertiary/aromatic N) is 2. The highest BCUT2D eigenvalue weighted by atomic mass is 19.1. The molecule has 3 aliphatic rings. The zero-order valence-electron chi connectivity index (χ0n) is 23.6. The highest BCUT2D eigenvalue weighted by Gasteiger charge is 2.39. The number of hydrogen-bond donors (Lipinski definition) is 4. The lowest BCUT2D eigenvalue weighted by Crippen LogP contribution is -2.52. The summed E-state index contributed by atoms with van der Waals surface area (Å²) in [4.78, 5) is 65.2. The van der Waals surface area contributed by atoms with Crippen LogP contribution in [0.3, 0.4) is 0 Å². The van der Waals surface area contributed by atoms with Gasteiger partial charge in [-0.2, -0.15) is 0 Å². The van der Waals surface area contributed by atoms with Gasteiger partial charge < -0.3 is 35.6 Å². The molecule has 2 saturated heterocycles. The van der Waals surface area contributed by atoms with Gasteiger partial charge in [0.1, 0.15) is 18.4 Å². The first-order valence-corrected chi connectivity index (χ1v) is 14.0. The molecule has 2 unspecified atom stereocenters. The van der Waals surface area contributed by atoms with Gasteiger partial charge in [0.15, 0.2) is 5.82 Å². The van der Waals surface area contributed by atoms with Crippen LogP contribution >= 0.6 is 0 Å². The topological polar surface area (TPSA) is 172 Å². The van der Waals surface area contributed by atoms with Gasteiger partial charge >= 0.3 is 0 Å². The molecule has 228 valence electrons. The highest BCUT2D eigenvalue weighted by molar-refractivity contribution is 6.06. The number of ether oxygens (including phenoxy) is 2. The maximum absolute atomic E-state index is 14.4. The molecule has 0 radical (unpaired) electrons. The molecule has 2 fully saturated rings. The Kier molecular flexibility index (Phi) is 8.76. The fraction of sp³-hybridized carbons (Fsp3) is 0.414. The standard InChI is InChI=1S/C29H33FN6O7/c1-42-17-11-19(26(30)21(31)12-17)27(39)33-16-7-9-35(13-16)25(38)15-43-10-8-32-22-4-2-3-18-20(22)14-36(29(18)41)23-5-6-24(37)34-28(23)40/h2-4,11-12,16,23,32H,5-10,13-15,31H2,1H3,(H,33,39)(H,34,37,40). The molecule has 0 saturated carbocycles. The van der Waals surface area contributed by atoms with Gasteiger partial charge in [0.25, 0.3) is 11.8 Å². The largest absolute Gasteiger partial charge is 0.497 e. The number of rotatable bonds is 10. The van der Waals surface area contributed by atoms with E-state index in [-0.39, 0.29) is 79.9 Å². The Morgan fingerprint density at radius 1 is 1.19 bits per heavy atom. The van der Waals surface area contributed by atoms with E-state index in [4.69, 9.17) is 15.2 Å². The van der Waals surface area contributed by atoms with Crippen molar-refractivity contribution in [3.05, 3.63) is 52.8 Å². The number of likely N-dealkylation sites (tertiary alicyclic amines) is 1. The molecule has 5 rings (SSSR count). The number of anilines is 2. The van der Waals surface area contributed by atoms with Crippen LogP contribution in [0.2, 0.25) is 0 Å². The van der Waals surface area contributed by atoms with Gasteiger partial charge in [0, 0.05) is 61.5 Å². The first kappa shape index (κ1) is 29.8. The van der Waals surface area contributed by atoms with E-state index in [1.807, 2.05) is 6.07 Å². The predicted molar refractivity (Wildman–Crippen MR) is 152 cm³/mol. The monoisotopic (exact) mass is 596 g/mol. The van der Waals surface area contributed by atoms with E-state index in [0.29, 0.717) is 25.1 Å². The zero-order valence-corrected chi connectivity index (χ0v) is 23.6. The van der Waals surface area contributed by atoms with Crippen LogP contribution in [0.25, 0.3) is 0 Å². The van der Waals surface area contributed by atoms with Crippen molar-refractivity contribution in [3.8, 4) is 5.75 Å². The number of nitrogens with one attached hydrogen (secondary N) is 3. The molecular weight excluding hydrogens is 563 g/mol. The van der Waals surface area contributed by atoms with Gasteiger partial charge in [-0.05, 0) is 31.0 Å². The Hall–Kier alpha value is -4.72. The summed E-state index contributed by atoms with van der Waals surface area (Å²) in [6, 6.07) is 6.80. The van der Waals surface area contributed by atoms with E-state index in [1.165, 1.54) is 24.1 Å². The Morgan fingerprint density at radius 2 is 2.00 bits per heavy atom. The minimum atomic E-state index is -0.829. The second kappa shape index (κ2) is 12.7. The maximum Gasteiger partial charge on any atom is 0.255 e. The zero-order chi connectivity index (χ0) is 30.7. The normalized spacial score (nSPS) is 19.7. The van der Waals surface area contributed by atoms with E-state index in [1.54, 1.807) is 17.0 Å². The molecule has 2 atom stereocenters. The SMILES string of the molecule is COc1cc(N)c(F)c(C(=O)NC2CCN(C(=O)COCCNc3cccc4c3CN(C3CCC(=O)NC3=O)C4=O)C2)c1. The number of nitrogens with two attached hydrogens (primary N) is 1. The summed E-state index contributed by atoms with van der Waals surface area (Å²) >= 11 is 0. The van der Waals surface area contributed by atoms with Crippen LogP contribution in [-0.2, 0) is 25.7 Å². The number of nitrogen functional groups attached to an aromatic ring is 1. The van der Waals surface area contributed by atoms with Crippen LogP contribution in [0.15, 0.2) is 30.3 Å². The van der Waals surface area contributed by atoms with Crippen molar-refractivity contribution in [2.75, 3.05) is 51.0 Å². The fourth-order valence-electron chi connectivity index (χ4n) is 5.53. The average Bonchev–Trinajstić information content (AvgIpc) is 3.59. The molecule has 5 amide bonds. The van der Waals surface area contributed by atoms with Crippen LogP contribution < -0.4 is 26.4 Å². The van der Waals surface area contributed by atoms with Gasteiger partial charge in [0.05, 0.1) is 25.0 Å². The van der Waals surface area contributed by atoms with Crippen molar-refractivity contribution in [3.63, 3.8) is 0 Å². The van der Waals surface area contributed by atoms with E-state index in [0.717, 1.165) is 11.3 Å². The second-order valence-corrected chi connectivity index (χ2v) is 10.6. The van der Waals surface area contributed by atoms with Crippen molar-refractivity contribution >= 4 is 40.9 Å². The minimum Gasteiger partial charge on any atom is -0.497 e. The van der Waals surface area contributed by atoms with E-state index in [9.17, 15) is 28.4 Å². The van der Waals surface area contributed by atoms with Crippen LogP contribution in [0.1, 0.15) is 45.5 Å². The number of imide groups is 1. The van der Waals surface area contributed by atoms with Crippen molar-refractivity contribution in [2.24, 2.45) is 0 Å². The molecule has 0 spiro atoms. The van der Waals surface area contributed by atoms with Crippen LogP contribution in [0.4, 0.5) is 15.8 Å². The molecule has 0 aliphatic carbocycles. The number of methoxy groups -OCH3 is 1. The number of amides is 5. The van der Waals surface area contributed by atoms with Crippen LogP contribution in [-0.4, -0.2) is 91.4 Å². The Labute approximate surface area is 246 Å². The molecule has 3 heterocycles. The van der Waals surface area contributed by atoms with E-state index >= 15 is 0 Å². The smallest absolute Gasteiger partial charge is 0.255 e. The van der Waals surface area contributed by atoms with Crippen LogP contribution in [0.5, 0.6) is 5.75 Å². The molecule has 0 aromatic heterocycles. The molecule has 14 heteroatoms. The van der Waals surface area contributed by atoms with Gasteiger partial charge in [-0.3, -0.25) is 29.3 Å². The third-order valence-electron chi connectivity index (χ3n) is 7.80. The molecule has 2 aromatic rings. The third kappa shape index (κ3) is 6.38. The summed E-state index contributed by atoms with van der Waals surface area (Å²) < 4.78 is 25.0. The van der Waals surface area contributed by atoms with Crippen molar-refractivity contribution in [1.29, 1.82) is 0 Å². The van der Waals surface area contributed by atoms with Gasteiger partial charge in [-0.1, -0.05) is 6.07 Å². The quantitative estimate of drug-likeness (QED) is 0.174. The minimum absolute atomic E-state index is 0.155. The maximum atomic E-state index is 14.4. The molecule has 13 nitrogen and oxygen atoms in total. The van der Waals surface area contributed by atoms with Crippen molar-refractivity contribution in [1.82, 2.24) is 20.4 Å². The molecule has 2 aromatic carbocycles. The molecule has 3 aliphatic heterocycles. The van der Waals surface area contributed by atoms with E-state index in [2.05, 4.69) is 16.0 Å². The second-order valence-electron chi connectivity index (χ2n) is 10.6. The number of carbonyl (C=O) groups excluding carboxylic acids is 5. The molecule has 0 bridgehead atoms. The summed E-state index contributed by atoms with van der Waals surface area (Å²) in [5.74, 6) is -2.50. The summed E-state index contributed by atoms with van der Waals surface area (Å²) in [6.45, 7) is 1.35. The number of carbonyl (C=O) groups is 5. The molecular formula is C29H33FN6O7. The van der Waals surface area contributed by atoms with Crippen LogP contribution in [0, 0.1) is 5.82 Å². The summed E-state index contributed by atoms with van der Waals surface area (Å²) in [7, 11) is 1.39. The predicted octanol–water partition coefficient (Wildman–Crippen LogP) is 0.637. The first-order chi connectivity index (χ1) is 20.7. The molecule has 43 heavy (non-hydrogen) atoms. The Bertz CT molecular complexity index is 1470. The first-order valence-electron chi connectivity index (χ1n) is 14.0. The summed E-state index contributed by atoms with van der Waals surface area (Å²) in [6.07, 6.45) is 0.978. The van der Waals surface area contributed by atoms with Crippen molar-refractivity contribution in [2.45, 2.75) is 37.9 Å². The van der Waals surface area contributed by atoms with Gasteiger partial charge in [0.2, 0.25) is 17.7 Å². The Morgan fingerprint density at radius 3 is 2.77 bits per heavy atom. The molecule has 5 N–H and O–H groups in total. The summed E-state index contributed by atoms with van der Waals surface area (Å²) in [5.41, 5.74) is 7.19.